The van der Waals surface area contributed by atoms with Gasteiger partial charge in [-0.1, -0.05) is 6.92 Å². The predicted molar refractivity (Wildman–Crippen MR) is 63.3 cm³/mol. The van der Waals surface area contributed by atoms with E-state index in [-0.39, 0.29) is 13.2 Å². The SMILES string of the molecule is C=C[N+](C)(CCCCO)CC(C)CCO. The Balaban J connectivity index is 3.99. The van der Waals surface area contributed by atoms with Gasteiger partial charge in [0.1, 0.15) is 0 Å². The van der Waals surface area contributed by atoms with Crippen LogP contribution in [0.4, 0.5) is 0 Å². The van der Waals surface area contributed by atoms with Crippen molar-refractivity contribution in [2.75, 3.05) is 33.4 Å². The highest BCUT2D eigenvalue weighted by Crippen LogP contribution is 2.13. The number of rotatable bonds is 9. The molecule has 90 valence electrons. The van der Waals surface area contributed by atoms with E-state index in [4.69, 9.17) is 10.2 Å². The van der Waals surface area contributed by atoms with E-state index in [1.54, 1.807) is 0 Å². The summed E-state index contributed by atoms with van der Waals surface area (Å²) >= 11 is 0. The molecule has 0 aliphatic rings. The first-order valence-corrected chi connectivity index (χ1v) is 5.77. The minimum atomic E-state index is 0.259. The zero-order valence-electron chi connectivity index (χ0n) is 10.2. The van der Waals surface area contributed by atoms with Crippen molar-refractivity contribution in [2.24, 2.45) is 5.92 Å². The quantitative estimate of drug-likeness (QED) is 0.451. The van der Waals surface area contributed by atoms with Crippen molar-refractivity contribution in [1.29, 1.82) is 0 Å². The van der Waals surface area contributed by atoms with Gasteiger partial charge < -0.3 is 10.2 Å². The van der Waals surface area contributed by atoms with Gasteiger partial charge in [0.05, 0.1) is 26.3 Å². The second kappa shape index (κ2) is 7.85. The third-order valence-corrected chi connectivity index (χ3v) is 2.87. The third kappa shape index (κ3) is 6.66. The van der Waals surface area contributed by atoms with Gasteiger partial charge in [0.2, 0.25) is 0 Å². The van der Waals surface area contributed by atoms with Crippen LogP contribution < -0.4 is 0 Å². The highest BCUT2D eigenvalue weighted by Gasteiger charge is 2.20. The Hall–Kier alpha value is -0.380. The summed E-state index contributed by atoms with van der Waals surface area (Å²) in [5.41, 5.74) is 0. The summed E-state index contributed by atoms with van der Waals surface area (Å²) in [6, 6.07) is 0. The van der Waals surface area contributed by atoms with Gasteiger partial charge in [-0.3, -0.25) is 4.48 Å². The molecule has 2 unspecified atom stereocenters. The van der Waals surface area contributed by atoms with Gasteiger partial charge in [0, 0.05) is 19.1 Å². The highest BCUT2D eigenvalue weighted by molar-refractivity contribution is 4.59. The van der Waals surface area contributed by atoms with Crippen molar-refractivity contribution in [2.45, 2.75) is 26.2 Å². The molecule has 0 radical (unpaired) electrons. The number of nitrogens with zero attached hydrogens (tertiary/aromatic N) is 1. The molecule has 0 heterocycles. The van der Waals surface area contributed by atoms with Crippen LogP contribution >= 0.6 is 0 Å². The van der Waals surface area contributed by atoms with Crippen LogP contribution in [-0.4, -0.2) is 48.0 Å². The fourth-order valence-corrected chi connectivity index (χ4v) is 1.87. The molecule has 0 aliphatic carbocycles. The van der Waals surface area contributed by atoms with E-state index >= 15 is 0 Å². The van der Waals surface area contributed by atoms with Crippen LogP contribution in [0.25, 0.3) is 0 Å². The van der Waals surface area contributed by atoms with Crippen molar-refractivity contribution < 1.29 is 14.7 Å². The van der Waals surface area contributed by atoms with Crippen molar-refractivity contribution in [3.8, 4) is 0 Å². The van der Waals surface area contributed by atoms with Crippen LogP contribution in [0, 0.1) is 5.92 Å². The van der Waals surface area contributed by atoms with Crippen LogP contribution in [0.1, 0.15) is 26.2 Å². The average Bonchev–Trinajstić information content (AvgIpc) is 2.18. The minimum absolute atomic E-state index is 0.259. The van der Waals surface area contributed by atoms with E-state index in [1.807, 2.05) is 6.20 Å². The number of aliphatic hydroxyl groups is 2. The zero-order chi connectivity index (χ0) is 11.7. The Morgan fingerprint density at radius 3 is 2.40 bits per heavy atom. The molecule has 0 aliphatic heterocycles. The Bertz CT molecular complexity index is 173. The van der Waals surface area contributed by atoms with E-state index in [0.29, 0.717) is 5.92 Å². The monoisotopic (exact) mass is 216 g/mol. The maximum Gasteiger partial charge on any atom is 0.0883 e. The van der Waals surface area contributed by atoms with Crippen LogP contribution in [0.15, 0.2) is 12.8 Å². The maximum absolute atomic E-state index is 8.85. The molecule has 2 N–H and O–H groups in total. The molecular weight excluding hydrogens is 190 g/mol. The van der Waals surface area contributed by atoms with Crippen molar-refractivity contribution in [1.82, 2.24) is 0 Å². The predicted octanol–water partition coefficient (Wildman–Crippen LogP) is 1.37. The molecule has 0 saturated carbocycles. The van der Waals surface area contributed by atoms with Gasteiger partial charge >= 0.3 is 0 Å². The summed E-state index contributed by atoms with van der Waals surface area (Å²) in [5, 5.41) is 17.6. The Labute approximate surface area is 93.6 Å². The fourth-order valence-electron chi connectivity index (χ4n) is 1.87. The molecule has 0 aromatic rings. The summed E-state index contributed by atoms with van der Waals surface area (Å²) in [6.45, 7) is 8.58. The fraction of sp³-hybridized carbons (Fsp3) is 0.833. The van der Waals surface area contributed by atoms with Crippen molar-refractivity contribution in [3.05, 3.63) is 12.8 Å². The lowest BCUT2D eigenvalue weighted by atomic mass is 10.1. The number of unbranched alkanes of at least 4 members (excludes halogenated alkanes) is 1. The second-order valence-electron chi connectivity index (χ2n) is 4.62. The molecule has 0 saturated heterocycles. The lowest BCUT2D eigenvalue weighted by Crippen LogP contribution is -2.42. The molecule has 0 spiro atoms. The van der Waals surface area contributed by atoms with Gasteiger partial charge in [-0.25, -0.2) is 0 Å². The topological polar surface area (TPSA) is 40.5 Å². The summed E-state index contributed by atoms with van der Waals surface area (Å²) < 4.78 is 0.821. The van der Waals surface area contributed by atoms with Gasteiger partial charge in [-0.15, -0.1) is 0 Å². The summed E-state index contributed by atoms with van der Waals surface area (Å²) in [5.74, 6) is 0.507. The third-order valence-electron chi connectivity index (χ3n) is 2.87. The smallest absolute Gasteiger partial charge is 0.0883 e. The van der Waals surface area contributed by atoms with E-state index in [2.05, 4.69) is 20.6 Å². The molecule has 0 amide bonds. The molecule has 0 fully saturated rings. The van der Waals surface area contributed by atoms with E-state index in [1.165, 1.54) is 0 Å². The van der Waals surface area contributed by atoms with E-state index in [0.717, 1.165) is 36.8 Å². The lowest BCUT2D eigenvalue weighted by molar-refractivity contribution is -0.863. The summed E-state index contributed by atoms with van der Waals surface area (Å²) in [7, 11) is 2.15. The largest absolute Gasteiger partial charge is 0.396 e. The standard InChI is InChI=1S/C12H26NO2/c1-4-13(3,8-5-6-9-14)11-12(2)7-10-15/h4,12,14-15H,1,5-11H2,2-3H3/q+1. The zero-order valence-corrected chi connectivity index (χ0v) is 10.2. The molecule has 0 aromatic heterocycles. The van der Waals surface area contributed by atoms with Crippen LogP contribution in [0.5, 0.6) is 0 Å². The number of aliphatic hydroxyl groups excluding tert-OH is 2. The second-order valence-corrected chi connectivity index (χ2v) is 4.62. The Morgan fingerprint density at radius 1 is 1.27 bits per heavy atom. The normalized spacial score (nSPS) is 17.1. The minimum Gasteiger partial charge on any atom is -0.396 e. The van der Waals surface area contributed by atoms with Crippen LogP contribution in [0.2, 0.25) is 0 Å². The van der Waals surface area contributed by atoms with Gasteiger partial charge in [0.15, 0.2) is 0 Å². The highest BCUT2D eigenvalue weighted by atomic mass is 16.3. The first kappa shape index (κ1) is 14.6. The first-order chi connectivity index (χ1) is 7.08. The average molecular weight is 216 g/mol. The molecule has 0 rings (SSSR count). The first-order valence-electron chi connectivity index (χ1n) is 5.77. The number of hydrogen-bond acceptors (Lipinski definition) is 2. The molecule has 0 aromatic carbocycles. The maximum atomic E-state index is 8.85. The number of quaternary nitrogens is 1. The van der Waals surface area contributed by atoms with Crippen molar-refractivity contribution >= 4 is 0 Å². The van der Waals surface area contributed by atoms with Gasteiger partial charge in [-0.2, -0.15) is 0 Å². The molecule has 2 atom stereocenters. The molecule has 0 bridgehead atoms. The van der Waals surface area contributed by atoms with Crippen LogP contribution in [-0.2, 0) is 0 Å². The number of hydrogen-bond donors (Lipinski definition) is 2. The lowest BCUT2D eigenvalue weighted by Gasteiger charge is -2.32. The molecular formula is C12H26NO2+. The van der Waals surface area contributed by atoms with Crippen LogP contribution in [0.3, 0.4) is 0 Å². The molecule has 3 nitrogen and oxygen atoms in total. The summed E-state index contributed by atoms with van der Waals surface area (Å²) in [4.78, 5) is 0. The van der Waals surface area contributed by atoms with E-state index in [9.17, 15) is 0 Å². The Morgan fingerprint density at radius 2 is 1.93 bits per heavy atom. The van der Waals surface area contributed by atoms with Gasteiger partial charge in [0.25, 0.3) is 0 Å². The summed E-state index contributed by atoms with van der Waals surface area (Å²) in [6.07, 6.45) is 4.69. The Kier molecular flexibility index (Phi) is 7.65. The van der Waals surface area contributed by atoms with Crippen molar-refractivity contribution in [3.63, 3.8) is 0 Å². The van der Waals surface area contributed by atoms with E-state index < -0.39 is 0 Å². The molecule has 3 heteroatoms. The van der Waals surface area contributed by atoms with Gasteiger partial charge in [-0.05, 0) is 25.8 Å². The molecule has 15 heavy (non-hydrogen) atoms.